The first kappa shape index (κ1) is 15.6. The molecule has 25 heavy (non-hydrogen) atoms. The van der Waals surface area contributed by atoms with Crippen molar-refractivity contribution in [2.24, 2.45) is 0 Å². The average Bonchev–Trinajstić information content (AvgIpc) is 3.24. The molecule has 4 rings (SSSR count). The summed E-state index contributed by atoms with van der Waals surface area (Å²) in [5, 5.41) is 28.4. The number of aromatic nitrogens is 3. The smallest absolute Gasteiger partial charge is 0.125 e. The Hall–Kier alpha value is -2.91. The molecule has 2 N–H and O–H groups in total. The zero-order valence-electron chi connectivity index (χ0n) is 14.2. The van der Waals surface area contributed by atoms with Crippen LogP contribution in [-0.2, 0) is 5.60 Å². The van der Waals surface area contributed by atoms with Crippen molar-refractivity contribution in [2.45, 2.75) is 25.9 Å². The third-order valence-corrected chi connectivity index (χ3v) is 4.96. The fourth-order valence-electron chi connectivity index (χ4n) is 3.79. The lowest BCUT2D eigenvalue weighted by Crippen LogP contribution is -2.31. The quantitative estimate of drug-likeness (QED) is 0.752. The summed E-state index contributed by atoms with van der Waals surface area (Å²) < 4.78 is 0. The highest BCUT2D eigenvalue weighted by Crippen LogP contribution is 2.38. The van der Waals surface area contributed by atoms with Crippen molar-refractivity contribution in [2.75, 3.05) is 18.0 Å². The van der Waals surface area contributed by atoms with E-state index >= 15 is 0 Å². The Morgan fingerprint density at radius 2 is 2.20 bits per heavy atom. The minimum Gasteiger partial charge on any atom is -0.382 e. The summed E-state index contributed by atoms with van der Waals surface area (Å²) in [6.07, 6.45) is 3.85. The van der Waals surface area contributed by atoms with Gasteiger partial charge in [-0.2, -0.15) is 10.4 Å². The first-order valence-corrected chi connectivity index (χ1v) is 8.29. The number of hydrogen-bond acceptors (Lipinski definition) is 5. The second-order valence-electron chi connectivity index (χ2n) is 6.78. The molecule has 0 saturated carbocycles. The monoisotopic (exact) mass is 333 g/mol. The van der Waals surface area contributed by atoms with Crippen LogP contribution < -0.4 is 4.90 Å². The van der Waals surface area contributed by atoms with Crippen LogP contribution in [0.5, 0.6) is 0 Å². The molecule has 3 aromatic rings. The molecule has 1 unspecified atom stereocenters. The summed E-state index contributed by atoms with van der Waals surface area (Å²) in [6.45, 7) is 5.15. The number of anilines is 1. The van der Waals surface area contributed by atoms with E-state index in [0.29, 0.717) is 30.8 Å². The van der Waals surface area contributed by atoms with Gasteiger partial charge in [-0.1, -0.05) is 11.6 Å². The Morgan fingerprint density at radius 3 is 2.92 bits per heavy atom. The third-order valence-electron chi connectivity index (χ3n) is 4.96. The van der Waals surface area contributed by atoms with Gasteiger partial charge in [0, 0.05) is 30.7 Å². The van der Waals surface area contributed by atoms with Crippen molar-refractivity contribution in [1.82, 2.24) is 15.2 Å². The first-order valence-electron chi connectivity index (χ1n) is 8.29. The molecule has 2 aromatic heterocycles. The Balaban J connectivity index is 1.86. The lowest BCUT2D eigenvalue weighted by atomic mass is 9.99. The largest absolute Gasteiger partial charge is 0.382 e. The number of pyridine rings is 1. The highest BCUT2D eigenvalue weighted by Gasteiger charge is 2.40. The van der Waals surface area contributed by atoms with Gasteiger partial charge < -0.3 is 10.0 Å². The number of nitrogens with zero attached hydrogens (tertiary/aromatic N) is 4. The lowest BCUT2D eigenvalue weighted by Gasteiger charge is -2.25. The van der Waals surface area contributed by atoms with Gasteiger partial charge in [0.1, 0.15) is 11.7 Å². The second-order valence-corrected chi connectivity index (χ2v) is 6.78. The van der Waals surface area contributed by atoms with Crippen LogP contribution in [0.1, 0.15) is 28.8 Å². The van der Waals surface area contributed by atoms with Crippen molar-refractivity contribution < 1.29 is 5.11 Å². The zero-order chi connectivity index (χ0) is 17.6. The first-order chi connectivity index (χ1) is 12.0. The maximum absolute atomic E-state index is 11.0. The van der Waals surface area contributed by atoms with E-state index in [0.717, 1.165) is 27.7 Å². The molecule has 0 radical (unpaired) electrons. The molecular weight excluding hydrogens is 314 g/mol. The highest BCUT2D eigenvalue weighted by molar-refractivity contribution is 5.96. The Bertz CT molecular complexity index is 989. The number of aromatic amines is 1. The van der Waals surface area contributed by atoms with Crippen molar-refractivity contribution in [3.05, 3.63) is 53.0 Å². The van der Waals surface area contributed by atoms with E-state index in [1.807, 2.05) is 13.8 Å². The van der Waals surface area contributed by atoms with Crippen LogP contribution in [0.4, 0.5) is 5.69 Å². The molecule has 6 nitrogen and oxygen atoms in total. The van der Waals surface area contributed by atoms with Crippen molar-refractivity contribution in [3.8, 4) is 6.07 Å². The standard InChI is InChI=1S/C19H19N5O/c1-12-7-13(2)17-15(8-12)18(14(9-20)10-21-17)24-6-4-19(25,11-24)16-3-5-22-23-16/h3,5,7-8,10,25H,4,6,11H2,1-2H3,(H,22,23). The van der Waals surface area contributed by atoms with Crippen LogP contribution in [0.3, 0.4) is 0 Å². The van der Waals surface area contributed by atoms with Gasteiger partial charge in [-0.3, -0.25) is 10.1 Å². The van der Waals surface area contributed by atoms with Crippen LogP contribution >= 0.6 is 0 Å². The van der Waals surface area contributed by atoms with E-state index in [4.69, 9.17) is 0 Å². The number of nitrogens with one attached hydrogen (secondary N) is 1. The molecule has 1 saturated heterocycles. The van der Waals surface area contributed by atoms with E-state index in [1.165, 1.54) is 0 Å². The van der Waals surface area contributed by atoms with Gasteiger partial charge >= 0.3 is 0 Å². The van der Waals surface area contributed by atoms with E-state index in [-0.39, 0.29) is 0 Å². The number of aliphatic hydroxyl groups is 1. The maximum Gasteiger partial charge on any atom is 0.125 e. The molecule has 1 aliphatic heterocycles. The topological polar surface area (TPSA) is 88.8 Å². The molecule has 0 spiro atoms. The molecule has 1 atom stereocenters. The fraction of sp³-hybridized carbons (Fsp3) is 0.316. The van der Waals surface area contributed by atoms with Crippen LogP contribution in [0.25, 0.3) is 10.9 Å². The van der Waals surface area contributed by atoms with Crippen molar-refractivity contribution in [1.29, 1.82) is 5.26 Å². The fourth-order valence-corrected chi connectivity index (χ4v) is 3.79. The summed E-state index contributed by atoms with van der Waals surface area (Å²) in [4.78, 5) is 6.57. The van der Waals surface area contributed by atoms with Crippen molar-refractivity contribution >= 4 is 16.6 Å². The minimum absolute atomic E-state index is 0.413. The SMILES string of the molecule is Cc1cc(C)c2ncc(C#N)c(N3CCC(O)(c4ccn[nH]4)C3)c2c1. The number of β-amino-alcohol motifs (C(OH)–C–C–N with tert-alkyl or cyclic N) is 1. The second kappa shape index (κ2) is 5.57. The number of rotatable bonds is 2. The maximum atomic E-state index is 11.0. The number of hydrogen-bond donors (Lipinski definition) is 2. The molecule has 3 heterocycles. The predicted octanol–water partition coefficient (Wildman–Crippen LogP) is 2.54. The minimum atomic E-state index is -0.988. The molecular formula is C19H19N5O. The van der Waals surface area contributed by atoms with Gasteiger partial charge in [0.15, 0.2) is 0 Å². The van der Waals surface area contributed by atoms with Gasteiger partial charge in [-0.05, 0) is 31.5 Å². The zero-order valence-corrected chi connectivity index (χ0v) is 14.2. The van der Waals surface area contributed by atoms with E-state index in [2.05, 4.69) is 38.3 Å². The Labute approximate surface area is 145 Å². The van der Waals surface area contributed by atoms with Crippen LogP contribution in [0.15, 0.2) is 30.6 Å². The normalized spacial score (nSPS) is 20.2. The Kier molecular flexibility index (Phi) is 3.48. The summed E-state index contributed by atoms with van der Waals surface area (Å²) in [7, 11) is 0. The van der Waals surface area contributed by atoms with Gasteiger partial charge in [0.25, 0.3) is 0 Å². The number of nitriles is 1. The number of benzene rings is 1. The number of H-pyrrole nitrogens is 1. The average molecular weight is 333 g/mol. The van der Waals surface area contributed by atoms with E-state index in [1.54, 1.807) is 18.5 Å². The van der Waals surface area contributed by atoms with Crippen LogP contribution in [0.2, 0.25) is 0 Å². The molecule has 126 valence electrons. The van der Waals surface area contributed by atoms with Gasteiger partial charge in [0.05, 0.1) is 29.0 Å². The highest BCUT2D eigenvalue weighted by atomic mass is 16.3. The molecule has 0 amide bonds. The Morgan fingerprint density at radius 1 is 1.36 bits per heavy atom. The van der Waals surface area contributed by atoms with Crippen LogP contribution in [-0.4, -0.2) is 33.4 Å². The van der Waals surface area contributed by atoms with Crippen molar-refractivity contribution in [3.63, 3.8) is 0 Å². The van der Waals surface area contributed by atoms with Gasteiger partial charge in [0.2, 0.25) is 0 Å². The predicted molar refractivity (Wildman–Crippen MR) is 95.2 cm³/mol. The van der Waals surface area contributed by atoms with Gasteiger partial charge in [-0.25, -0.2) is 0 Å². The molecule has 1 fully saturated rings. The molecule has 1 aromatic carbocycles. The lowest BCUT2D eigenvalue weighted by molar-refractivity contribution is 0.0560. The van der Waals surface area contributed by atoms with Gasteiger partial charge in [-0.15, -0.1) is 0 Å². The summed E-state index contributed by atoms with van der Waals surface area (Å²) >= 11 is 0. The number of fused-ring (bicyclic) bond motifs is 1. The van der Waals surface area contributed by atoms with E-state index < -0.39 is 5.60 Å². The van der Waals surface area contributed by atoms with E-state index in [9.17, 15) is 10.4 Å². The molecule has 0 aliphatic carbocycles. The summed E-state index contributed by atoms with van der Waals surface area (Å²) in [6, 6.07) is 8.22. The number of aryl methyl sites for hydroxylation is 2. The van der Waals surface area contributed by atoms with Crippen LogP contribution in [0, 0.1) is 25.2 Å². The summed E-state index contributed by atoms with van der Waals surface area (Å²) in [5.41, 5.74) is 4.23. The summed E-state index contributed by atoms with van der Waals surface area (Å²) in [5.74, 6) is 0. The molecule has 0 bridgehead atoms. The molecule has 1 aliphatic rings. The third kappa shape index (κ3) is 2.44. The molecule has 6 heteroatoms.